The van der Waals surface area contributed by atoms with Crippen molar-refractivity contribution in [3.63, 3.8) is 0 Å². The lowest BCUT2D eigenvalue weighted by atomic mass is 10.1. The number of carbonyl (C=O) groups excluding carboxylic acids is 2. The number of rotatable bonds is 3. The van der Waals surface area contributed by atoms with Crippen molar-refractivity contribution < 1.29 is 19.1 Å². The summed E-state index contributed by atoms with van der Waals surface area (Å²) in [5, 5.41) is 7.99. The molecule has 0 spiro atoms. The summed E-state index contributed by atoms with van der Waals surface area (Å²) < 4.78 is 11.0. The highest BCUT2D eigenvalue weighted by Gasteiger charge is 2.27. The van der Waals surface area contributed by atoms with E-state index in [9.17, 15) is 9.59 Å². The molecule has 3 N–H and O–H groups in total. The zero-order chi connectivity index (χ0) is 14.8. The molecule has 3 amide bonds. The topological polar surface area (TPSA) is 88.7 Å². The van der Waals surface area contributed by atoms with Crippen molar-refractivity contribution >= 4 is 11.9 Å². The van der Waals surface area contributed by atoms with E-state index in [4.69, 9.17) is 9.47 Å². The zero-order valence-corrected chi connectivity index (χ0v) is 11.6. The third kappa shape index (κ3) is 2.86. The van der Waals surface area contributed by atoms with Gasteiger partial charge in [0.1, 0.15) is 19.3 Å². The van der Waals surface area contributed by atoms with E-state index < -0.39 is 6.04 Å². The fourth-order valence-corrected chi connectivity index (χ4v) is 2.34. The molecular formula is C14H17N3O4. The Kier molecular flexibility index (Phi) is 3.55. The molecule has 112 valence electrons. The van der Waals surface area contributed by atoms with Gasteiger partial charge in [0, 0.05) is 6.54 Å². The molecule has 0 aromatic heterocycles. The number of benzene rings is 1. The van der Waals surface area contributed by atoms with Gasteiger partial charge in [-0.2, -0.15) is 0 Å². The van der Waals surface area contributed by atoms with Gasteiger partial charge >= 0.3 is 6.03 Å². The molecule has 2 aliphatic rings. The molecule has 0 aliphatic carbocycles. The zero-order valence-electron chi connectivity index (χ0n) is 11.6. The minimum absolute atomic E-state index is 0.189. The van der Waals surface area contributed by atoms with Gasteiger partial charge in [-0.1, -0.05) is 6.07 Å². The molecule has 21 heavy (non-hydrogen) atoms. The Hall–Kier alpha value is -2.44. The lowest BCUT2D eigenvalue weighted by Gasteiger charge is -2.21. The molecule has 7 nitrogen and oxygen atoms in total. The van der Waals surface area contributed by atoms with Crippen molar-refractivity contribution in [3.05, 3.63) is 23.8 Å². The molecule has 2 aliphatic heterocycles. The number of carbonyl (C=O) groups is 2. The normalized spacial score (nSPS) is 21.2. The van der Waals surface area contributed by atoms with Crippen LogP contribution >= 0.6 is 0 Å². The van der Waals surface area contributed by atoms with Gasteiger partial charge in [0.25, 0.3) is 0 Å². The monoisotopic (exact) mass is 291 g/mol. The maximum atomic E-state index is 12.0. The quantitative estimate of drug-likeness (QED) is 0.748. The van der Waals surface area contributed by atoms with E-state index in [2.05, 4.69) is 16.0 Å². The summed E-state index contributed by atoms with van der Waals surface area (Å²) in [6.45, 7) is 3.26. The van der Waals surface area contributed by atoms with Crippen LogP contribution in [-0.4, -0.2) is 37.7 Å². The average molecular weight is 291 g/mol. The fraction of sp³-hybridized carbons (Fsp3) is 0.429. The largest absolute Gasteiger partial charge is 0.486 e. The summed E-state index contributed by atoms with van der Waals surface area (Å²) in [5.74, 6) is 1.20. The predicted molar refractivity (Wildman–Crippen MR) is 74.3 cm³/mol. The molecule has 1 saturated heterocycles. The van der Waals surface area contributed by atoms with Crippen molar-refractivity contribution in [2.24, 2.45) is 0 Å². The highest BCUT2D eigenvalue weighted by atomic mass is 16.6. The minimum Gasteiger partial charge on any atom is -0.486 e. The van der Waals surface area contributed by atoms with Crippen molar-refractivity contribution in [3.8, 4) is 11.5 Å². The Bertz CT molecular complexity index is 575. The number of amides is 3. The molecule has 7 heteroatoms. The summed E-state index contributed by atoms with van der Waals surface area (Å²) >= 11 is 0. The van der Waals surface area contributed by atoms with Crippen molar-refractivity contribution in [1.82, 2.24) is 16.0 Å². The van der Waals surface area contributed by atoms with Gasteiger partial charge < -0.3 is 25.4 Å². The third-order valence-electron chi connectivity index (χ3n) is 3.51. The smallest absolute Gasteiger partial charge is 0.315 e. The molecule has 0 saturated carbocycles. The second-order valence-electron chi connectivity index (χ2n) is 5.04. The highest BCUT2D eigenvalue weighted by Crippen LogP contribution is 2.32. The summed E-state index contributed by atoms with van der Waals surface area (Å²) in [6.07, 6.45) is 0. The molecule has 2 atom stereocenters. The predicted octanol–water partition coefficient (Wildman–Crippen LogP) is 0.316. The van der Waals surface area contributed by atoms with E-state index in [0.717, 1.165) is 11.3 Å². The molecule has 0 unspecified atom stereocenters. The molecule has 2 heterocycles. The van der Waals surface area contributed by atoms with Gasteiger partial charge in [0.15, 0.2) is 11.5 Å². The summed E-state index contributed by atoms with van der Waals surface area (Å²) in [4.78, 5) is 23.1. The van der Waals surface area contributed by atoms with Crippen LogP contribution in [0.3, 0.4) is 0 Å². The van der Waals surface area contributed by atoms with Gasteiger partial charge in [0.2, 0.25) is 5.91 Å². The Morgan fingerprint density at radius 2 is 2.10 bits per heavy atom. The second kappa shape index (κ2) is 5.51. The summed E-state index contributed by atoms with van der Waals surface area (Å²) in [7, 11) is 0. The fourth-order valence-electron chi connectivity index (χ4n) is 2.34. The molecule has 3 rings (SSSR count). The van der Waals surface area contributed by atoms with E-state index in [1.807, 2.05) is 25.1 Å². The first kappa shape index (κ1) is 13.5. The number of fused-ring (bicyclic) bond motifs is 1. The first-order chi connectivity index (χ1) is 10.1. The van der Waals surface area contributed by atoms with Gasteiger partial charge in [-0.3, -0.25) is 4.79 Å². The lowest BCUT2D eigenvalue weighted by Crippen LogP contribution is -2.43. The Morgan fingerprint density at radius 1 is 1.33 bits per heavy atom. The van der Waals surface area contributed by atoms with Crippen LogP contribution in [-0.2, 0) is 4.79 Å². The number of hydrogen-bond acceptors (Lipinski definition) is 4. The summed E-state index contributed by atoms with van der Waals surface area (Å²) in [6, 6.07) is 4.56. The van der Waals surface area contributed by atoms with Crippen molar-refractivity contribution in [2.75, 3.05) is 19.8 Å². The van der Waals surface area contributed by atoms with Crippen LogP contribution in [0.25, 0.3) is 0 Å². The Morgan fingerprint density at radius 3 is 2.81 bits per heavy atom. The number of nitrogens with one attached hydrogen (secondary N) is 3. The van der Waals surface area contributed by atoms with Gasteiger partial charge in [-0.05, 0) is 24.6 Å². The van der Waals surface area contributed by atoms with Crippen LogP contribution in [0.15, 0.2) is 18.2 Å². The van der Waals surface area contributed by atoms with Gasteiger partial charge in [0.05, 0.1) is 6.04 Å². The van der Waals surface area contributed by atoms with E-state index >= 15 is 0 Å². The first-order valence-corrected chi connectivity index (χ1v) is 6.88. The van der Waals surface area contributed by atoms with Crippen LogP contribution in [0.4, 0.5) is 4.79 Å². The number of urea groups is 1. The maximum Gasteiger partial charge on any atom is 0.315 e. The standard InChI is InChI=1S/C14H17N3O4/c1-8(16-13(18)10-7-15-14(19)17-10)9-2-3-11-12(6-9)21-5-4-20-11/h2-3,6,8,10H,4-5,7H2,1H3,(H,16,18)(H2,15,17,19)/t8-,10+/m0/s1. The van der Waals surface area contributed by atoms with E-state index in [0.29, 0.717) is 25.5 Å². The molecule has 1 aromatic carbocycles. The van der Waals surface area contributed by atoms with E-state index in [-0.39, 0.29) is 18.0 Å². The third-order valence-corrected chi connectivity index (χ3v) is 3.51. The van der Waals surface area contributed by atoms with Crippen LogP contribution < -0.4 is 25.4 Å². The molecule has 0 radical (unpaired) electrons. The van der Waals surface area contributed by atoms with E-state index in [1.54, 1.807) is 0 Å². The Balaban J connectivity index is 1.66. The summed E-state index contributed by atoms with van der Waals surface area (Å²) in [5.41, 5.74) is 0.921. The maximum absolute atomic E-state index is 12.0. The first-order valence-electron chi connectivity index (χ1n) is 6.88. The van der Waals surface area contributed by atoms with Gasteiger partial charge in [-0.25, -0.2) is 4.79 Å². The van der Waals surface area contributed by atoms with Crippen LogP contribution in [0, 0.1) is 0 Å². The molecule has 0 bridgehead atoms. The average Bonchev–Trinajstić information content (AvgIpc) is 2.93. The van der Waals surface area contributed by atoms with Crippen molar-refractivity contribution in [2.45, 2.75) is 19.0 Å². The number of hydrogen-bond donors (Lipinski definition) is 3. The molecular weight excluding hydrogens is 274 g/mol. The van der Waals surface area contributed by atoms with E-state index in [1.165, 1.54) is 0 Å². The molecule has 1 fully saturated rings. The van der Waals surface area contributed by atoms with Gasteiger partial charge in [-0.15, -0.1) is 0 Å². The Labute approximate surface area is 122 Å². The van der Waals surface area contributed by atoms with Crippen LogP contribution in [0.5, 0.6) is 11.5 Å². The van der Waals surface area contributed by atoms with Crippen LogP contribution in [0.1, 0.15) is 18.5 Å². The minimum atomic E-state index is -0.530. The lowest BCUT2D eigenvalue weighted by molar-refractivity contribution is -0.123. The molecule has 1 aromatic rings. The second-order valence-corrected chi connectivity index (χ2v) is 5.04. The highest BCUT2D eigenvalue weighted by molar-refractivity contribution is 5.90. The number of ether oxygens (including phenoxy) is 2. The van der Waals surface area contributed by atoms with Crippen molar-refractivity contribution in [1.29, 1.82) is 0 Å². The van der Waals surface area contributed by atoms with Crippen LogP contribution in [0.2, 0.25) is 0 Å². The SMILES string of the molecule is C[C@H](NC(=O)[C@H]1CNC(=O)N1)c1ccc2c(c1)OCCO2.